The molecule has 0 aliphatic carbocycles. The molecule has 24 heavy (non-hydrogen) atoms. The third-order valence-electron chi connectivity index (χ3n) is 4.68. The Morgan fingerprint density at radius 1 is 1.25 bits per heavy atom. The van der Waals surface area contributed by atoms with E-state index >= 15 is 0 Å². The molecule has 2 N–H and O–H groups in total. The van der Waals surface area contributed by atoms with Crippen LogP contribution in [0.3, 0.4) is 0 Å². The van der Waals surface area contributed by atoms with Crippen LogP contribution in [0.1, 0.15) is 32.3 Å². The zero-order chi connectivity index (χ0) is 18.0. The van der Waals surface area contributed by atoms with Gasteiger partial charge in [0.25, 0.3) is 0 Å². The van der Waals surface area contributed by atoms with Gasteiger partial charge in [-0.25, -0.2) is 4.79 Å². The van der Waals surface area contributed by atoms with Crippen molar-refractivity contribution in [1.29, 1.82) is 0 Å². The smallest absolute Gasteiger partial charge is 0.335 e. The summed E-state index contributed by atoms with van der Waals surface area (Å²) in [6.07, 6.45) is 0.632. The van der Waals surface area contributed by atoms with Gasteiger partial charge in [-0.3, -0.25) is 4.79 Å². The Balaban J connectivity index is 2.07. The van der Waals surface area contributed by atoms with E-state index in [-0.39, 0.29) is 31.8 Å². The molecule has 1 saturated heterocycles. The van der Waals surface area contributed by atoms with Crippen molar-refractivity contribution in [1.82, 2.24) is 4.90 Å². The molecule has 0 spiro atoms. The van der Waals surface area contributed by atoms with Crippen molar-refractivity contribution >= 4 is 11.9 Å². The van der Waals surface area contributed by atoms with E-state index in [0.717, 1.165) is 11.3 Å². The van der Waals surface area contributed by atoms with Crippen molar-refractivity contribution in [3.63, 3.8) is 0 Å². The maximum absolute atomic E-state index is 12.9. The third-order valence-corrected chi connectivity index (χ3v) is 4.68. The van der Waals surface area contributed by atoms with Gasteiger partial charge in [-0.05, 0) is 18.1 Å². The van der Waals surface area contributed by atoms with Gasteiger partial charge in [0.1, 0.15) is 5.75 Å². The molecule has 1 aromatic rings. The fourth-order valence-corrected chi connectivity index (χ4v) is 3.12. The number of rotatable bonds is 5. The second-order valence-corrected chi connectivity index (χ2v) is 7.00. The predicted octanol–water partition coefficient (Wildman–Crippen LogP) is 1.70. The van der Waals surface area contributed by atoms with Gasteiger partial charge in [0, 0.05) is 31.3 Å². The minimum absolute atomic E-state index is 0.0409. The fraction of sp³-hybridized carbons (Fsp3) is 0.556. The SMILES string of the molecule is COc1ccccc1CC(C)(C)C(=O)N1CCC(O)(C(=O)O)CC1. The van der Waals surface area contributed by atoms with Gasteiger partial charge in [-0.2, -0.15) is 0 Å². The van der Waals surface area contributed by atoms with E-state index in [2.05, 4.69) is 0 Å². The van der Waals surface area contributed by atoms with E-state index in [0.29, 0.717) is 6.42 Å². The van der Waals surface area contributed by atoms with Crippen LogP contribution >= 0.6 is 0 Å². The van der Waals surface area contributed by atoms with E-state index in [1.807, 2.05) is 38.1 Å². The highest BCUT2D eigenvalue weighted by Gasteiger charge is 2.42. The summed E-state index contributed by atoms with van der Waals surface area (Å²) in [5.74, 6) is -0.513. The molecule has 6 heteroatoms. The number of para-hydroxylation sites is 1. The Kier molecular flexibility index (Phi) is 5.18. The first kappa shape index (κ1) is 18.3. The summed E-state index contributed by atoms with van der Waals surface area (Å²) in [6, 6.07) is 7.60. The van der Waals surface area contributed by atoms with Crippen molar-refractivity contribution in [2.75, 3.05) is 20.2 Å². The first-order valence-corrected chi connectivity index (χ1v) is 8.07. The number of likely N-dealkylation sites (tertiary alicyclic amines) is 1. The molecule has 1 aromatic carbocycles. The second-order valence-electron chi connectivity index (χ2n) is 7.00. The molecule has 6 nitrogen and oxygen atoms in total. The molecule has 1 heterocycles. The maximum atomic E-state index is 12.9. The molecule has 0 unspecified atom stereocenters. The molecule has 1 aliphatic rings. The molecule has 0 bridgehead atoms. The summed E-state index contributed by atoms with van der Waals surface area (Å²) in [5.41, 5.74) is -1.41. The highest BCUT2D eigenvalue weighted by Crippen LogP contribution is 2.31. The lowest BCUT2D eigenvalue weighted by Crippen LogP contribution is -2.53. The molecule has 132 valence electrons. The van der Waals surface area contributed by atoms with Gasteiger partial charge in [0.2, 0.25) is 5.91 Å². The van der Waals surface area contributed by atoms with Crippen LogP contribution in [0.4, 0.5) is 0 Å². The van der Waals surface area contributed by atoms with E-state index in [1.54, 1.807) is 12.0 Å². The number of carboxylic acid groups (broad SMARTS) is 1. The summed E-state index contributed by atoms with van der Waals surface area (Å²) in [6.45, 7) is 4.24. The van der Waals surface area contributed by atoms with Gasteiger partial charge in [0.05, 0.1) is 7.11 Å². The monoisotopic (exact) mass is 335 g/mol. The molecule has 1 amide bonds. The topological polar surface area (TPSA) is 87.1 Å². The summed E-state index contributed by atoms with van der Waals surface area (Å²) < 4.78 is 5.35. The molecular weight excluding hydrogens is 310 g/mol. The molecule has 0 saturated carbocycles. The maximum Gasteiger partial charge on any atom is 0.335 e. The summed E-state index contributed by atoms with van der Waals surface area (Å²) >= 11 is 0. The van der Waals surface area contributed by atoms with Crippen molar-refractivity contribution in [2.45, 2.75) is 38.7 Å². The first-order valence-electron chi connectivity index (χ1n) is 8.07. The van der Waals surface area contributed by atoms with Crippen LogP contribution < -0.4 is 4.74 Å². The van der Waals surface area contributed by atoms with Crippen LogP contribution in [0.5, 0.6) is 5.75 Å². The minimum Gasteiger partial charge on any atom is -0.496 e. The predicted molar refractivity (Wildman–Crippen MR) is 88.9 cm³/mol. The zero-order valence-electron chi connectivity index (χ0n) is 14.4. The van der Waals surface area contributed by atoms with Crippen molar-refractivity contribution in [2.24, 2.45) is 5.41 Å². The number of piperidine rings is 1. The van der Waals surface area contributed by atoms with Gasteiger partial charge in [-0.15, -0.1) is 0 Å². The Morgan fingerprint density at radius 2 is 1.83 bits per heavy atom. The van der Waals surface area contributed by atoms with Gasteiger partial charge in [0.15, 0.2) is 5.60 Å². The number of aliphatic hydroxyl groups is 1. The van der Waals surface area contributed by atoms with E-state index in [4.69, 9.17) is 9.84 Å². The lowest BCUT2D eigenvalue weighted by Gasteiger charge is -2.39. The summed E-state index contributed by atoms with van der Waals surface area (Å²) in [5, 5.41) is 19.1. The first-order chi connectivity index (χ1) is 11.2. The second kappa shape index (κ2) is 6.81. The van der Waals surface area contributed by atoms with Gasteiger partial charge in [-0.1, -0.05) is 32.0 Å². The molecule has 0 aromatic heterocycles. The number of carbonyl (C=O) groups is 2. The average Bonchev–Trinajstić information content (AvgIpc) is 2.55. The number of methoxy groups -OCH3 is 1. The number of carboxylic acids is 1. The highest BCUT2D eigenvalue weighted by molar-refractivity contribution is 5.83. The molecule has 0 atom stereocenters. The van der Waals surface area contributed by atoms with Crippen LogP contribution in [-0.4, -0.2) is 52.8 Å². The van der Waals surface area contributed by atoms with E-state index in [1.165, 1.54) is 0 Å². The lowest BCUT2D eigenvalue weighted by molar-refractivity contribution is -0.166. The highest BCUT2D eigenvalue weighted by atomic mass is 16.5. The van der Waals surface area contributed by atoms with Gasteiger partial charge >= 0.3 is 5.97 Å². The molecule has 1 fully saturated rings. The Labute approximate surface area is 142 Å². The number of hydrogen-bond acceptors (Lipinski definition) is 4. The molecular formula is C18H25NO5. The summed E-state index contributed by atoms with van der Waals surface area (Å²) in [7, 11) is 1.60. The van der Waals surface area contributed by atoms with E-state index in [9.17, 15) is 14.7 Å². The number of carbonyl (C=O) groups excluding carboxylic acids is 1. The Morgan fingerprint density at radius 3 is 2.38 bits per heavy atom. The Bertz CT molecular complexity index is 618. The van der Waals surface area contributed by atoms with Crippen LogP contribution in [-0.2, 0) is 16.0 Å². The Hall–Kier alpha value is -2.08. The number of ether oxygens (including phenoxy) is 1. The molecule has 1 aliphatic heterocycles. The lowest BCUT2D eigenvalue weighted by atomic mass is 9.82. The normalized spacial score (nSPS) is 17.4. The van der Waals surface area contributed by atoms with Crippen LogP contribution in [0.15, 0.2) is 24.3 Å². The minimum atomic E-state index is -1.72. The largest absolute Gasteiger partial charge is 0.496 e. The van der Waals surface area contributed by atoms with Gasteiger partial charge < -0.3 is 19.8 Å². The van der Waals surface area contributed by atoms with Crippen molar-refractivity contribution in [3.8, 4) is 5.75 Å². The number of hydrogen-bond donors (Lipinski definition) is 2. The van der Waals surface area contributed by atoms with Crippen molar-refractivity contribution < 1.29 is 24.5 Å². The molecule has 2 rings (SSSR count). The number of aliphatic carboxylic acids is 1. The van der Waals surface area contributed by atoms with Crippen molar-refractivity contribution in [3.05, 3.63) is 29.8 Å². The molecule has 0 radical (unpaired) electrons. The number of benzene rings is 1. The third kappa shape index (κ3) is 3.70. The summed E-state index contributed by atoms with van der Waals surface area (Å²) in [4.78, 5) is 25.6. The zero-order valence-corrected chi connectivity index (χ0v) is 14.4. The van der Waals surface area contributed by atoms with Crippen LogP contribution in [0.25, 0.3) is 0 Å². The number of nitrogens with zero attached hydrogens (tertiary/aromatic N) is 1. The van der Waals surface area contributed by atoms with Crippen LogP contribution in [0, 0.1) is 5.41 Å². The standard InChI is InChI=1S/C18H25NO5/c1-17(2,12-13-6-4-5-7-14(13)24-3)15(20)19-10-8-18(23,9-11-19)16(21)22/h4-7,23H,8-12H2,1-3H3,(H,21,22). The average molecular weight is 335 g/mol. The van der Waals surface area contributed by atoms with Crippen LogP contribution in [0.2, 0.25) is 0 Å². The quantitative estimate of drug-likeness (QED) is 0.855. The number of amides is 1. The fourth-order valence-electron chi connectivity index (χ4n) is 3.12. The van der Waals surface area contributed by atoms with E-state index < -0.39 is 17.0 Å².